The van der Waals surface area contributed by atoms with Gasteiger partial charge in [-0.05, 0) is 35.4 Å². The average molecular weight is 748 g/mol. The molecule has 12 aromatic rings. The molecule has 0 radical (unpaired) electrons. The number of rotatable bonds is 5. The minimum atomic E-state index is 0.545. The molecule has 0 saturated heterocycles. The van der Waals surface area contributed by atoms with Crippen molar-refractivity contribution in [2.75, 3.05) is 0 Å². The Morgan fingerprint density at radius 2 is 0.965 bits per heavy atom. The van der Waals surface area contributed by atoms with Crippen molar-refractivity contribution in [3.63, 3.8) is 0 Å². The first-order valence-electron chi connectivity index (χ1n) is 18.8. The number of fused-ring (bicyclic) bond motifs is 12. The largest absolute Gasteiger partial charge is 0.309 e. The maximum atomic E-state index is 5.35. The fourth-order valence-electron chi connectivity index (χ4n) is 8.49. The molecule has 57 heavy (non-hydrogen) atoms. The highest BCUT2D eigenvalue weighted by Gasteiger charge is 2.28. The maximum absolute atomic E-state index is 5.35. The summed E-state index contributed by atoms with van der Waals surface area (Å²) in [7, 11) is 0. The van der Waals surface area contributed by atoms with E-state index in [0.29, 0.717) is 17.6 Å². The van der Waals surface area contributed by atoms with E-state index in [0.717, 1.165) is 81.1 Å². The van der Waals surface area contributed by atoms with Crippen LogP contribution in [0.15, 0.2) is 176 Å². The van der Waals surface area contributed by atoms with Crippen LogP contribution >= 0.6 is 11.3 Å². The zero-order valence-corrected chi connectivity index (χ0v) is 31.1. The molecule has 0 fully saturated rings. The van der Waals surface area contributed by atoms with E-state index < -0.39 is 0 Å². The van der Waals surface area contributed by atoms with Crippen molar-refractivity contribution in [1.29, 1.82) is 0 Å². The highest BCUT2D eigenvalue weighted by molar-refractivity contribution is 7.26. The Morgan fingerprint density at radius 3 is 1.67 bits per heavy atom. The Bertz CT molecular complexity index is 3500. The second-order valence-electron chi connectivity index (χ2n) is 14.1. The van der Waals surface area contributed by atoms with Crippen LogP contribution in [0.4, 0.5) is 0 Å². The van der Waals surface area contributed by atoms with Gasteiger partial charge >= 0.3 is 0 Å². The van der Waals surface area contributed by atoms with Crippen molar-refractivity contribution in [2.24, 2.45) is 0 Å². The molecule has 0 aliphatic carbocycles. The van der Waals surface area contributed by atoms with E-state index in [-0.39, 0.29) is 0 Å². The predicted molar refractivity (Wildman–Crippen MR) is 233 cm³/mol. The second-order valence-corrected chi connectivity index (χ2v) is 15.1. The summed E-state index contributed by atoms with van der Waals surface area (Å²) in [5.41, 5.74) is 9.49. The summed E-state index contributed by atoms with van der Waals surface area (Å²) >= 11 is 1.69. The van der Waals surface area contributed by atoms with Crippen LogP contribution in [-0.2, 0) is 0 Å². The van der Waals surface area contributed by atoms with E-state index >= 15 is 0 Å². The van der Waals surface area contributed by atoms with Crippen LogP contribution in [0.1, 0.15) is 0 Å². The second kappa shape index (κ2) is 12.5. The third-order valence-electron chi connectivity index (χ3n) is 10.9. The lowest BCUT2D eigenvalue weighted by Gasteiger charge is -2.12. The van der Waals surface area contributed by atoms with Crippen LogP contribution < -0.4 is 0 Å². The summed E-state index contributed by atoms with van der Waals surface area (Å²) in [6.45, 7) is 0. The molecule has 12 rings (SSSR count). The SMILES string of the molecule is c1ccc(-c2ccc(-c3nc(-c4ccccc4)nc(-n4c5ccccc5c5c4c4sc6ncncc6c4c4c6ccccc6n(-c6ccccc6)c45)n3)cc2)cc1. The Labute approximate surface area is 329 Å². The molecule has 0 N–H and O–H groups in total. The molecule has 0 bridgehead atoms. The Morgan fingerprint density at radius 1 is 0.421 bits per heavy atom. The molecule has 0 aliphatic rings. The first kappa shape index (κ1) is 31.8. The molecule has 0 aliphatic heterocycles. The molecule has 266 valence electrons. The van der Waals surface area contributed by atoms with Gasteiger partial charge in [0.15, 0.2) is 11.6 Å². The number of nitrogens with zero attached hydrogens (tertiary/aromatic N) is 7. The molecular formula is C49H29N7S. The summed E-state index contributed by atoms with van der Waals surface area (Å²) in [4.78, 5) is 26.1. The Balaban J connectivity index is 1.25. The Hall–Kier alpha value is -7.55. The van der Waals surface area contributed by atoms with Crippen molar-refractivity contribution in [1.82, 2.24) is 34.1 Å². The first-order valence-corrected chi connectivity index (χ1v) is 19.7. The number of thiophene rings is 1. The van der Waals surface area contributed by atoms with Gasteiger partial charge in [0, 0.05) is 55.3 Å². The normalized spacial score (nSPS) is 11.9. The molecule has 0 spiro atoms. The van der Waals surface area contributed by atoms with Gasteiger partial charge in [-0.1, -0.05) is 140 Å². The van der Waals surface area contributed by atoms with Gasteiger partial charge in [-0.3, -0.25) is 4.57 Å². The molecule has 0 unspecified atom stereocenters. The lowest BCUT2D eigenvalue weighted by atomic mass is 10.0. The number of hydrogen-bond acceptors (Lipinski definition) is 6. The van der Waals surface area contributed by atoms with E-state index in [1.807, 2.05) is 30.5 Å². The lowest BCUT2D eigenvalue weighted by Crippen LogP contribution is -2.06. The number of hydrogen-bond donors (Lipinski definition) is 0. The fourth-order valence-corrected chi connectivity index (χ4v) is 9.65. The van der Waals surface area contributed by atoms with E-state index in [4.69, 9.17) is 19.9 Å². The molecule has 0 saturated carbocycles. The summed E-state index contributed by atoms with van der Waals surface area (Å²) in [5.74, 6) is 1.75. The van der Waals surface area contributed by atoms with Gasteiger partial charge in [0.25, 0.3) is 0 Å². The average Bonchev–Trinajstić information content (AvgIpc) is 3.95. The lowest BCUT2D eigenvalue weighted by molar-refractivity contribution is 0.955. The zero-order chi connectivity index (χ0) is 37.5. The van der Waals surface area contributed by atoms with Crippen molar-refractivity contribution in [3.05, 3.63) is 176 Å². The zero-order valence-electron chi connectivity index (χ0n) is 30.3. The summed E-state index contributed by atoms with van der Waals surface area (Å²) in [5, 5.41) is 6.75. The van der Waals surface area contributed by atoms with Gasteiger partial charge in [-0.25, -0.2) is 15.0 Å². The summed E-state index contributed by atoms with van der Waals surface area (Å²) in [6.07, 6.45) is 3.60. The minimum absolute atomic E-state index is 0.545. The number of para-hydroxylation sites is 3. The topological polar surface area (TPSA) is 74.3 Å². The molecule has 8 heteroatoms. The molecular weight excluding hydrogens is 719 g/mol. The highest BCUT2D eigenvalue weighted by Crippen LogP contribution is 2.50. The smallest absolute Gasteiger partial charge is 0.238 e. The van der Waals surface area contributed by atoms with E-state index in [9.17, 15) is 0 Å². The molecule has 7 aromatic carbocycles. The van der Waals surface area contributed by atoms with Crippen molar-refractivity contribution < 1.29 is 0 Å². The first-order chi connectivity index (χ1) is 28.3. The van der Waals surface area contributed by atoms with Gasteiger partial charge in [0.05, 0.1) is 26.8 Å². The fraction of sp³-hybridized carbons (Fsp3) is 0. The van der Waals surface area contributed by atoms with Crippen molar-refractivity contribution in [2.45, 2.75) is 0 Å². The monoisotopic (exact) mass is 747 g/mol. The third-order valence-corrected chi connectivity index (χ3v) is 12.1. The maximum Gasteiger partial charge on any atom is 0.238 e. The van der Waals surface area contributed by atoms with Crippen LogP contribution in [0.25, 0.3) is 109 Å². The van der Waals surface area contributed by atoms with Gasteiger partial charge < -0.3 is 4.57 Å². The predicted octanol–water partition coefficient (Wildman–Crippen LogP) is 12.2. The third kappa shape index (κ3) is 4.81. The molecule has 0 atom stereocenters. The van der Waals surface area contributed by atoms with Crippen LogP contribution in [0.3, 0.4) is 0 Å². The standard InChI is InChI=1S/C49H29N7S/c1-4-14-30(15-5-1)31-24-26-33(27-25-31)47-52-46(32-16-6-2-7-17-32)53-49(54-47)56-39-23-13-11-21-36(39)42-43-40(41-37-28-50-29-51-48(37)57-45(41)44(42)56)35-20-10-12-22-38(35)55(43)34-18-8-3-9-19-34/h1-29H. The van der Waals surface area contributed by atoms with E-state index in [1.54, 1.807) is 17.7 Å². The van der Waals surface area contributed by atoms with Gasteiger partial charge in [0.2, 0.25) is 5.95 Å². The summed E-state index contributed by atoms with van der Waals surface area (Å²) in [6, 6.07) is 57.0. The van der Waals surface area contributed by atoms with Crippen LogP contribution in [0.2, 0.25) is 0 Å². The van der Waals surface area contributed by atoms with Crippen LogP contribution in [-0.4, -0.2) is 34.1 Å². The van der Waals surface area contributed by atoms with Gasteiger partial charge in [-0.2, -0.15) is 9.97 Å². The molecule has 0 amide bonds. The molecule has 5 aromatic heterocycles. The molecule has 5 heterocycles. The summed E-state index contributed by atoms with van der Waals surface area (Å²) < 4.78 is 5.77. The quantitative estimate of drug-likeness (QED) is 0.175. The number of aromatic nitrogens is 7. The van der Waals surface area contributed by atoms with Crippen molar-refractivity contribution >= 4 is 75.3 Å². The minimum Gasteiger partial charge on any atom is -0.309 e. The van der Waals surface area contributed by atoms with Crippen molar-refractivity contribution in [3.8, 4) is 45.5 Å². The van der Waals surface area contributed by atoms with E-state index in [2.05, 4.69) is 154 Å². The molecule has 7 nitrogen and oxygen atoms in total. The van der Waals surface area contributed by atoms with Crippen LogP contribution in [0, 0.1) is 0 Å². The Kier molecular flexibility index (Phi) is 6.96. The van der Waals surface area contributed by atoms with Crippen LogP contribution in [0.5, 0.6) is 0 Å². The highest BCUT2D eigenvalue weighted by atomic mass is 32.1. The van der Waals surface area contributed by atoms with Gasteiger partial charge in [-0.15, -0.1) is 11.3 Å². The number of benzene rings is 7. The van der Waals surface area contributed by atoms with E-state index in [1.165, 1.54) is 10.8 Å². The van der Waals surface area contributed by atoms with Gasteiger partial charge in [0.1, 0.15) is 11.2 Å².